The quantitative estimate of drug-likeness (QED) is 0.803. The number of thiocarbonyl (C=S) groups is 1. The Bertz CT molecular complexity index is 420. The molecule has 0 fully saturated rings. The first-order valence-corrected chi connectivity index (χ1v) is 6.58. The van der Waals surface area contributed by atoms with Crippen molar-refractivity contribution in [1.82, 2.24) is 0 Å². The normalized spacial score (nSPS) is 12.2. The zero-order valence-electron chi connectivity index (χ0n) is 11.6. The number of anilines is 1. The Kier molecular flexibility index (Phi) is 5.56. The van der Waals surface area contributed by atoms with Gasteiger partial charge < -0.3 is 15.4 Å². The lowest BCUT2D eigenvalue weighted by Gasteiger charge is -2.30. The Morgan fingerprint density at radius 2 is 2.17 bits per heavy atom. The van der Waals surface area contributed by atoms with Gasteiger partial charge in [-0.15, -0.1) is 0 Å². The van der Waals surface area contributed by atoms with Gasteiger partial charge in [-0.1, -0.05) is 12.2 Å². The Hall–Kier alpha value is -1.13. The molecule has 18 heavy (non-hydrogen) atoms. The van der Waals surface area contributed by atoms with E-state index in [9.17, 15) is 0 Å². The smallest absolute Gasteiger partial charge is 0.104 e. The van der Waals surface area contributed by atoms with Gasteiger partial charge in [-0.05, 0) is 44.5 Å². The highest BCUT2D eigenvalue weighted by atomic mass is 32.1. The molecule has 0 saturated carbocycles. The molecule has 3 nitrogen and oxygen atoms in total. The predicted molar refractivity (Wildman–Crippen MR) is 81.4 cm³/mol. The van der Waals surface area contributed by atoms with Crippen LogP contribution in [0.2, 0.25) is 0 Å². The minimum Gasteiger partial charge on any atom is -0.389 e. The van der Waals surface area contributed by atoms with Gasteiger partial charge in [0, 0.05) is 30.9 Å². The van der Waals surface area contributed by atoms with Gasteiger partial charge in [0.25, 0.3) is 0 Å². The highest BCUT2D eigenvalue weighted by molar-refractivity contribution is 7.80. The molecule has 0 aromatic heterocycles. The topological polar surface area (TPSA) is 38.5 Å². The van der Waals surface area contributed by atoms with Crippen LogP contribution in [0.4, 0.5) is 5.69 Å². The van der Waals surface area contributed by atoms with E-state index in [1.165, 1.54) is 5.69 Å². The minimum absolute atomic E-state index is 0.343. The van der Waals surface area contributed by atoms with Gasteiger partial charge in [0.05, 0.1) is 6.61 Å². The summed E-state index contributed by atoms with van der Waals surface area (Å²) in [5.74, 6) is 0. The number of rotatable bonds is 6. The maximum atomic E-state index is 5.68. The van der Waals surface area contributed by atoms with Crippen LogP contribution in [-0.4, -0.2) is 31.3 Å². The molecule has 2 N–H and O–H groups in total. The molecule has 1 rings (SSSR count). The Balaban J connectivity index is 3.01. The number of hydrogen-bond acceptors (Lipinski definition) is 3. The summed E-state index contributed by atoms with van der Waals surface area (Å²) in [5.41, 5.74) is 8.92. The van der Waals surface area contributed by atoms with E-state index in [4.69, 9.17) is 22.7 Å². The van der Waals surface area contributed by atoms with Crippen molar-refractivity contribution in [3.05, 3.63) is 29.3 Å². The van der Waals surface area contributed by atoms with E-state index in [0.717, 1.165) is 17.7 Å². The van der Waals surface area contributed by atoms with Crippen molar-refractivity contribution in [3.8, 4) is 0 Å². The molecule has 0 aliphatic heterocycles. The van der Waals surface area contributed by atoms with Crippen molar-refractivity contribution in [3.63, 3.8) is 0 Å². The fraction of sp³-hybridized carbons (Fsp3) is 0.500. The van der Waals surface area contributed by atoms with E-state index in [0.29, 0.717) is 17.6 Å². The third kappa shape index (κ3) is 3.43. The third-order valence-electron chi connectivity index (χ3n) is 3.09. The van der Waals surface area contributed by atoms with Crippen molar-refractivity contribution in [2.75, 3.05) is 25.2 Å². The molecule has 1 aromatic rings. The van der Waals surface area contributed by atoms with Crippen LogP contribution in [0, 0.1) is 6.92 Å². The van der Waals surface area contributed by atoms with Crippen molar-refractivity contribution in [2.24, 2.45) is 5.73 Å². The number of benzene rings is 1. The van der Waals surface area contributed by atoms with E-state index >= 15 is 0 Å². The van der Waals surface area contributed by atoms with Gasteiger partial charge in [-0.2, -0.15) is 0 Å². The molecular formula is C14H22N2OS. The lowest BCUT2D eigenvalue weighted by Crippen LogP contribution is -2.36. The van der Waals surface area contributed by atoms with Gasteiger partial charge in [-0.3, -0.25) is 0 Å². The fourth-order valence-electron chi connectivity index (χ4n) is 2.18. The minimum atomic E-state index is 0.343. The molecule has 0 spiro atoms. The second-order valence-electron chi connectivity index (χ2n) is 4.45. The summed E-state index contributed by atoms with van der Waals surface area (Å²) in [6, 6.07) is 6.53. The van der Waals surface area contributed by atoms with Crippen LogP contribution >= 0.6 is 12.2 Å². The van der Waals surface area contributed by atoms with Crippen LogP contribution in [-0.2, 0) is 4.74 Å². The van der Waals surface area contributed by atoms with Crippen LogP contribution in [0.25, 0.3) is 0 Å². The van der Waals surface area contributed by atoms with E-state index < -0.39 is 0 Å². The van der Waals surface area contributed by atoms with Crippen molar-refractivity contribution >= 4 is 22.9 Å². The van der Waals surface area contributed by atoms with Crippen molar-refractivity contribution < 1.29 is 4.74 Å². The maximum Gasteiger partial charge on any atom is 0.104 e. The molecule has 0 amide bonds. The molecule has 0 radical (unpaired) electrons. The van der Waals surface area contributed by atoms with E-state index in [-0.39, 0.29) is 0 Å². The van der Waals surface area contributed by atoms with E-state index in [1.807, 2.05) is 13.0 Å². The van der Waals surface area contributed by atoms with Crippen LogP contribution in [0.1, 0.15) is 25.0 Å². The summed E-state index contributed by atoms with van der Waals surface area (Å²) in [4.78, 5) is 2.76. The number of ether oxygens (including phenoxy) is 1. The highest BCUT2D eigenvalue weighted by Gasteiger charge is 2.13. The largest absolute Gasteiger partial charge is 0.389 e. The number of hydrogen-bond donors (Lipinski definition) is 1. The molecule has 0 heterocycles. The molecule has 4 heteroatoms. The lowest BCUT2D eigenvalue weighted by atomic mass is 10.1. The second kappa shape index (κ2) is 6.71. The standard InChI is InChI=1S/C14H22N2OS/c1-5-16(11(3)9-17-4)12-6-7-13(14(15)18)10(2)8-12/h6-8,11H,5,9H2,1-4H3,(H2,15,18). The van der Waals surface area contributed by atoms with Crippen LogP contribution < -0.4 is 10.6 Å². The average molecular weight is 266 g/mol. The maximum absolute atomic E-state index is 5.68. The van der Waals surface area contributed by atoms with E-state index in [1.54, 1.807) is 7.11 Å². The Labute approximate surface area is 115 Å². The monoisotopic (exact) mass is 266 g/mol. The first kappa shape index (κ1) is 14.9. The predicted octanol–water partition coefficient (Wildman–Crippen LogP) is 2.49. The number of aryl methyl sites for hydroxylation is 1. The Morgan fingerprint density at radius 3 is 2.61 bits per heavy atom. The summed E-state index contributed by atoms with van der Waals surface area (Å²) in [6.07, 6.45) is 0. The first-order valence-electron chi connectivity index (χ1n) is 6.17. The zero-order valence-corrected chi connectivity index (χ0v) is 12.4. The number of nitrogens with two attached hydrogens (primary N) is 1. The second-order valence-corrected chi connectivity index (χ2v) is 4.89. The van der Waals surface area contributed by atoms with Crippen LogP contribution in [0.5, 0.6) is 0 Å². The molecule has 1 unspecified atom stereocenters. The van der Waals surface area contributed by atoms with Crippen LogP contribution in [0.3, 0.4) is 0 Å². The molecule has 100 valence electrons. The first-order chi connectivity index (χ1) is 8.51. The average Bonchev–Trinajstić information content (AvgIpc) is 2.29. The lowest BCUT2D eigenvalue weighted by molar-refractivity contribution is 0.182. The van der Waals surface area contributed by atoms with Crippen molar-refractivity contribution in [2.45, 2.75) is 26.8 Å². The number of nitrogens with zero attached hydrogens (tertiary/aromatic N) is 1. The molecule has 0 saturated heterocycles. The number of methoxy groups -OCH3 is 1. The van der Waals surface area contributed by atoms with Gasteiger partial charge in [0.1, 0.15) is 4.99 Å². The van der Waals surface area contributed by atoms with Crippen molar-refractivity contribution in [1.29, 1.82) is 0 Å². The van der Waals surface area contributed by atoms with Gasteiger partial charge >= 0.3 is 0 Å². The van der Waals surface area contributed by atoms with Gasteiger partial charge in [0.2, 0.25) is 0 Å². The molecule has 1 atom stereocenters. The summed E-state index contributed by atoms with van der Waals surface area (Å²) >= 11 is 5.02. The third-order valence-corrected chi connectivity index (χ3v) is 3.31. The molecule has 0 aliphatic carbocycles. The van der Waals surface area contributed by atoms with Crippen LogP contribution in [0.15, 0.2) is 18.2 Å². The Morgan fingerprint density at radius 1 is 1.50 bits per heavy atom. The van der Waals surface area contributed by atoms with E-state index in [2.05, 4.69) is 30.9 Å². The molecule has 0 aliphatic rings. The van der Waals surface area contributed by atoms with Gasteiger partial charge in [0.15, 0.2) is 0 Å². The SMILES string of the molecule is CCN(c1ccc(C(N)=S)c(C)c1)C(C)COC. The zero-order chi connectivity index (χ0) is 13.7. The van der Waals surface area contributed by atoms with Gasteiger partial charge in [-0.25, -0.2) is 0 Å². The summed E-state index contributed by atoms with van der Waals surface area (Å²) in [6.45, 7) is 7.99. The molecule has 0 bridgehead atoms. The summed E-state index contributed by atoms with van der Waals surface area (Å²) < 4.78 is 5.22. The molecule has 1 aromatic carbocycles. The fourth-order valence-corrected chi connectivity index (χ4v) is 2.41. The highest BCUT2D eigenvalue weighted by Crippen LogP contribution is 2.21. The number of likely N-dealkylation sites (N-methyl/N-ethyl adjacent to an activating group) is 1. The summed E-state index contributed by atoms with van der Waals surface area (Å²) in [7, 11) is 1.73. The summed E-state index contributed by atoms with van der Waals surface area (Å²) in [5, 5.41) is 0. The molecular weight excluding hydrogens is 244 g/mol.